The minimum Gasteiger partial charge on any atom is -0.293 e. The molecule has 3 rings (SSSR count). The molecule has 2 heterocycles. The van der Waals surface area contributed by atoms with E-state index in [4.69, 9.17) is 0 Å². The number of benzene rings is 1. The smallest absolute Gasteiger partial charge is 0.252 e. The molecule has 1 aromatic carbocycles. The molecule has 1 aliphatic heterocycles. The highest BCUT2D eigenvalue weighted by atomic mass is 32.2. The van der Waals surface area contributed by atoms with Crippen molar-refractivity contribution in [2.75, 3.05) is 32.7 Å². The molecule has 0 radical (unpaired) electrons. The summed E-state index contributed by atoms with van der Waals surface area (Å²) in [4.78, 5) is 14.3. The summed E-state index contributed by atoms with van der Waals surface area (Å²) in [6.45, 7) is 3.54. The zero-order valence-electron chi connectivity index (χ0n) is 13.8. The summed E-state index contributed by atoms with van der Waals surface area (Å²) in [5, 5.41) is 1.74. The van der Waals surface area contributed by atoms with Crippen LogP contribution >= 0.6 is 11.3 Å². The van der Waals surface area contributed by atoms with Gasteiger partial charge in [0.2, 0.25) is 0 Å². The molecule has 0 atom stereocenters. The van der Waals surface area contributed by atoms with E-state index in [0.717, 1.165) is 0 Å². The third-order valence-corrected chi connectivity index (χ3v) is 7.54. The van der Waals surface area contributed by atoms with Crippen LogP contribution in [0.15, 0.2) is 39.9 Å². The Hall–Kier alpha value is -1.61. The number of thiophene rings is 1. The summed E-state index contributed by atoms with van der Waals surface area (Å²) in [7, 11) is -3.43. The topological polar surface area (TPSA) is 57.7 Å². The van der Waals surface area contributed by atoms with Crippen molar-refractivity contribution >= 4 is 27.1 Å². The van der Waals surface area contributed by atoms with Gasteiger partial charge >= 0.3 is 0 Å². The molecule has 0 spiro atoms. The number of ketones is 1. The van der Waals surface area contributed by atoms with Gasteiger partial charge in [-0.3, -0.25) is 9.69 Å². The van der Waals surface area contributed by atoms with Gasteiger partial charge in [-0.15, -0.1) is 11.3 Å². The lowest BCUT2D eigenvalue weighted by atomic mass is 10.1. The van der Waals surface area contributed by atoms with E-state index in [1.54, 1.807) is 30.5 Å². The van der Waals surface area contributed by atoms with Gasteiger partial charge < -0.3 is 0 Å². The van der Waals surface area contributed by atoms with Gasteiger partial charge in [0.1, 0.15) is 10.0 Å². The summed E-state index contributed by atoms with van der Waals surface area (Å²) < 4.78 is 40.1. The molecule has 0 bridgehead atoms. The van der Waals surface area contributed by atoms with Crippen molar-refractivity contribution in [2.24, 2.45) is 0 Å². The highest BCUT2D eigenvalue weighted by Crippen LogP contribution is 2.22. The summed E-state index contributed by atoms with van der Waals surface area (Å²) in [6.07, 6.45) is 0. The standard InChI is InChI=1S/C17H19FN2O3S2/c1-13-11-14(4-5-15(13)18)16(21)12-19-6-8-20(9-7-19)25(22,23)17-3-2-10-24-17/h2-5,10-11H,6-9,12H2,1H3. The van der Waals surface area contributed by atoms with Gasteiger partial charge in [0, 0.05) is 31.7 Å². The quantitative estimate of drug-likeness (QED) is 0.745. The lowest BCUT2D eigenvalue weighted by Crippen LogP contribution is -2.49. The number of piperazine rings is 1. The second kappa shape index (κ2) is 7.33. The Labute approximate surface area is 150 Å². The summed E-state index contributed by atoms with van der Waals surface area (Å²) >= 11 is 1.21. The highest BCUT2D eigenvalue weighted by Gasteiger charge is 2.29. The molecule has 1 fully saturated rings. The Bertz CT molecular complexity index is 858. The summed E-state index contributed by atoms with van der Waals surface area (Å²) in [5.74, 6) is -0.415. The number of rotatable bonds is 5. The van der Waals surface area contributed by atoms with Crippen LogP contribution in [0, 0.1) is 12.7 Å². The molecule has 134 valence electrons. The molecule has 1 saturated heterocycles. The molecule has 0 aliphatic carbocycles. The number of hydrogen-bond acceptors (Lipinski definition) is 5. The highest BCUT2D eigenvalue weighted by molar-refractivity contribution is 7.91. The number of carbonyl (C=O) groups excluding carboxylic acids is 1. The fraction of sp³-hybridized carbons (Fsp3) is 0.353. The van der Waals surface area contributed by atoms with Gasteiger partial charge in [-0.05, 0) is 42.1 Å². The van der Waals surface area contributed by atoms with Gasteiger partial charge in [0.05, 0.1) is 6.54 Å². The Kier molecular flexibility index (Phi) is 5.33. The van der Waals surface area contributed by atoms with E-state index >= 15 is 0 Å². The van der Waals surface area contributed by atoms with Crippen LogP contribution in [0.5, 0.6) is 0 Å². The largest absolute Gasteiger partial charge is 0.293 e. The van der Waals surface area contributed by atoms with Gasteiger partial charge in [-0.25, -0.2) is 12.8 Å². The molecule has 0 amide bonds. The first-order valence-electron chi connectivity index (χ1n) is 7.93. The van der Waals surface area contributed by atoms with Crippen LogP contribution in [0.3, 0.4) is 0 Å². The lowest BCUT2D eigenvalue weighted by molar-refractivity contribution is 0.0901. The zero-order valence-corrected chi connectivity index (χ0v) is 15.4. The van der Waals surface area contributed by atoms with E-state index in [1.165, 1.54) is 27.8 Å². The summed E-state index contributed by atoms with van der Waals surface area (Å²) in [5.41, 5.74) is 0.922. The van der Waals surface area contributed by atoms with Crippen LogP contribution < -0.4 is 0 Å². The molecule has 0 N–H and O–H groups in total. The van der Waals surface area contributed by atoms with Crippen molar-refractivity contribution in [3.8, 4) is 0 Å². The van der Waals surface area contributed by atoms with E-state index in [9.17, 15) is 17.6 Å². The van der Waals surface area contributed by atoms with Crippen molar-refractivity contribution in [2.45, 2.75) is 11.1 Å². The van der Waals surface area contributed by atoms with E-state index in [2.05, 4.69) is 0 Å². The Morgan fingerprint density at radius 3 is 2.52 bits per heavy atom. The van der Waals surface area contributed by atoms with Crippen molar-refractivity contribution < 1.29 is 17.6 Å². The van der Waals surface area contributed by atoms with Gasteiger partial charge in [-0.1, -0.05) is 6.07 Å². The van der Waals surface area contributed by atoms with Crippen molar-refractivity contribution in [1.29, 1.82) is 0 Å². The Morgan fingerprint density at radius 2 is 1.92 bits per heavy atom. The predicted octanol–water partition coefficient (Wildman–Crippen LogP) is 2.38. The van der Waals surface area contributed by atoms with Crippen molar-refractivity contribution in [3.63, 3.8) is 0 Å². The van der Waals surface area contributed by atoms with E-state index in [1.807, 2.05) is 4.90 Å². The SMILES string of the molecule is Cc1cc(C(=O)CN2CCN(S(=O)(=O)c3cccs3)CC2)ccc1F. The minimum atomic E-state index is -3.43. The van der Waals surface area contributed by atoms with Crippen molar-refractivity contribution in [3.05, 3.63) is 52.7 Å². The van der Waals surface area contributed by atoms with Crippen LogP contribution in [0.4, 0.5) is 4.39 Å². The first kappa shape index (κ1) is 18.2. The van der Waals surface area contributed by atoms with Crippen molar-refractivity contribution in [1.82, 2.24) is 9.21 Å². The molecule has 0 saturated carbocycles. The van der Waals surface area contributed by atoms with Crippen LogP contribution in [-0.2, 0) is 10.0 Å². The normalized spacial score (nSPS) is 16.9. The monoisotopic (exact) mass is 382 g/mol. The van der Waals surface area contributed by atoms with Gasteiger partial charge in [0.15, 0.2) is 5.78 Å². The molecule has 8 heteroatoms. The fourth-order valence-corrected chi connectivity index (χ4v) is 5.34. The van der Waals surface area contributed by atoms with Crippen LogP contribution in [0.25, 0.3) is 0 Å². The molecular formula is C17H19FN2O3S2. The average Bonchev–Trinajstić information content (AvgIpc) is 3.13. The number of nitrogens with zero attached hydrogens (tertiary/aromatic N) is 2. The molecule has 0 unspecified atom stereocenters. The molecule has 1 aliphatic rings. The third kappa shape index (κ3) is 3.98. The number of carbonyl (C=O) groups is 1. The number of halogens is 1. The molecule has 2 aromatic rings. The molecule has 5 nitrogen and oxygen atoms in total. The molecule has 1 aromatic heterocycles. The third-order valence-electron chi connectivity index (χ3n) is 4.27. The lowest BCUT2D eigenvalue weighted by Gasteiger charge is -2.33. The summed E-state index contributed by atoms with van der Waals surface area (Å²) in [6, 6.07) is 7.66. The Balaban J connectivity index is 1.59. The molecule has 25 heavy (non-hydrogen) atoms. The second-order valence-corrected chi connectivity index (χ2v) is 9.11. The van der Waals surface area contributed by atoms with E-state index in [0.29, 0.717) is 41.5 Å². The minimum absolute atomic E-state index is 0.0855. The maximum absolute atomic E-state index is 13.3. The number of Topliss-reactive ketones (excluding diaryl/α,β-unsaturated/α-hetero) is 1. The number of hydrogen-bond donors (Lipinski definition) is 0. The predicted molar refractivity (Wildman–Crippen MR) is 95.0 cm³/mol. The Morgan fingerprint density at radius 1 is 1.20 bits per heavy atom. The second-order valence-electron chi connectivity index (χ2n) is 6.00. The maximum atomic E-state index is 13.3. The number of sulfonamides is 1. The van der Waals surface area contributed by atoms with Gasteiger partial charge in [-0.2, -0.15) is 4.31 Å². The first-order valence-corrected chi connectivity index (χ1v) is 10.3. The van der Waals surface area contributed by atoms with Gasteiger partial charge in [0.25, 0.3) is 10.0 Å². The van der Waals surface area contributed by atoms with E-state index in [-0.39, 0.29) is 18.1 Å². The fourth-order valence-electron chi connectivity index (χ4n) is 2.78. The first-order chi connectivity index (χ1) is 11.9. The zero-order chi connectivity index (χ0) is 18.0. The average molecular weight is 382 g/mol. The van der Waals surface area contributed by atoms with E-state index < -0.39 is 10.0 Å². The number of aryl methyl sites for hydroxylation is 1. The van der Waals surface area contributed by atoms with Crippen LogP contribution in [0.1, 0.15) is 15.9 Å². The molecular weight excluding hydrogens is 363 g/mol. The van der Waals surface area contributed by atoms with Crippen LogP contribution in [0.2, 0.25) is 0 Å². The maximum Gasteiger partial charge on any atom is 0.252 e. The van der Waals surface area contributed by atoms with Crippen LogP contribution in [-0.4, -0.2) is 56.1 Å².